The molecule has 1 aromatic heterocycles. The number of benzene rings is 1. The molecule has 21 heavy (non-hydrogen) atoms. The molecule has 8 heteroatoms. The van der Waals surface area contributed by atoms with Crippen molar-refractivity contribution in [3.05, 3.63) is 46.1 Å². The van der Waals surface area contributed by atoms with Gasteiger partial charge in [0.2, 0.25) is 5.09 Å². The largest absolute Gasteiger partial charge is 0.446 e. The molecule has 0 radical (unpaired) electrons. The molecule has 1 heterocycles. The average molecular weight is 370 g/mol. The van der Waals surface area contributed by atoms with Gasteiger partial charge in [-0.2, -0.15) is 5.26 Å². The Morgan fingerprint density at radius 2 is 2.10 bits per heavy atom. The van der Waals surface area contributed by atoms with Crippen LogP contribution in [0.4, 0.5) is 5.69 Å². The fraction of sp³-hybridized carbons (Fsp3) is 0.154. The average Bonchev–Trinajstić information content (AvgIpc) is 2.95. The van der Waals surface area contributed by atoms with Crippen molar-refractivity contribution < 1.29 is 12.8 Å². The minimum Gasteiger partial charge on any atom is -0.446 e. The van der Waals surface area contributed by atoms with Gasteiger partial charge in [0.1, 0.15) is 5.76 Å². The topological polar surface area (TPSA) is 95.1 Å². The van der Waals surface area contributed by atoms with Crippen LogP contribution < -0.4 is 10.0 Å². The predicted molar refractivity (Wildman–Crippen MR) is 81.1 cm³/mol. The van der Waals surface area contributed by atoms with Crippen LogP contribution in [0.5, 0.6) is 0 Å². The smallest absolute Gasteiger partial charge is 0.273 e. The molecule has 0 saturated carbocycles. The SMILES string of the molecule is CNS(=O)(=O)c1ccc(CNc2ccc(C#N)cc2Br)o1. The fourth-order valence-corrected chi connectivity index (χ4v) is 2.79. The number of nitrogens with one attached hydrogen (secondary N) is 2. The minimum absolute atomic E-state index is 0.124. The van der Waals surface area contributed by atoms with E-state index in [0.717, 1.165) is 10.2 Å². The standard InChI is InChI=1S/C13H12BrN3O3S/c1-16-21(18,19)13-5-3-10(20-13)8-17-12-4-2-9(7-15)6-11(12)14/h2-6,16-17H,8H2,1H3. The van der Waals surface area contributed by atoms with Crippen LogP contribution in [0.3, 0.4) is 0 Å². The zero-order valence-electron chi connectivity index (χ0n) is 11.1. The number of furan rings is 1. The molecule has 0 aliphatic rings. The van der Waals surface area contributed by atoms with Gasteiger partial charge in [-0.05, 0) is 53.3 Å². The number of anilines is 1. The summed E-state index contributed by atoms with van der Waals surface area (Å²) in [6, 6.07) is 10.2. The van der Waals surface area contributed by atoms with Gasteiger partial charge in [-0.3, -0.25) is 0 Å². The maximum absolute atomic E-state index is 11.5. The maximum atomic E-state index is 11.5. The van der Waals surface area contributed by atoms with E-state index in [1.807, 2.05) is 6.07 Å². The lowest BCUT2D eigenvalue weighted by Gasteiger charge is -2.07. The monoisotopic (exact) mass is 369 g/mol. The third kappa shape index (κ3) is 3.64. The highest BCUT2D eigenvalue weighted by atomic mass is 79.9. The number of rotatable bonds is 5. The molecule has 1 aromatic carbocycles. The second-order valence-electron chi connectivity index (χ2n) is 4.09. The number of sulfonamides is 1. The molecule has 0 fully saturated rings. The maximum Gasteiger partial charge on any atom is 0.273 e. The summed E-state index contributed by atoms with van der Waals surface area (Å²) >= 11 is 3.36. The van der Waals surface area contributed by atoms with Crippen LogP contribution in [0, 0.1) is 11.3 Å². The van der Waals surface area contributed by atoms with E-state index < -0.39 is 10.0 Å². The predicted octanol–water partition coefficient (Wildman–Crippen LogP) is 2.43. The van der Waals surface area contributed by atoms with Gasteiger partial charge in [0.05, 0.1) is 18.2 Å². The van der Waals surface area contributed by atoms with Crippen molar-refractivity contribution in [2.24, 2.45) is 0 Å². The molecule has 2 rings (SSSR count). The van der Waals surface area contributed by atoms with Crippen LogP contribution in [0.1, 0.15) is 11.3 Å². The van der Waals surface area contributed by atoms with Crippen LogP contribution in [0.15, 0.2) is 44.3 Å². The first-order chi connectivity index (χ1) is 9.96. The lowest BCUT2D eigenvalue weighted by molar-refractivity contribution is 0.417. The molecule has 2 aromatic rings. The van der Waals surface area contributed by atoms with E-state index in [9.17, 15) is 8.42 Å². The van der Waals surface area contributed by atoms with Crippen LogP contribution in [-0.2, 0) is 16.6 Å². The van der Waals surface area contributed by atoms with Gasteiger partial charge < -0.3 is 9.73 Å². The Labute approximate surface area is 130 Å². The minimum atomic E-state index is -3.57. The van der Waals surface area contributed by atoms with Crippen LogP contribution in [0.25, 0.3) is 0 Å². The molecule has 0 atom stereocenters. The summed E-state index contributed by atoms with van der Waals surface area (Å²) < 4.78 is 31.3. The summed E-state index contributed by atoms with van der Waals surface area (Å²) in [7, 11) is -2.24. The second-order valence-corrected chi connectivity index (χ2v) is 6.76. The summed E-state index contributed by atoms with van der Waals surface area (Å²) in [5, 5.41) is 11.8. The molecule has 0 spiro atoms. The van der Waals surface area contributed by atoms with Gasteiger partial charge in [0.25, 0.3) is 10.0 Å². The number of nitrogens with zero attached hydrogens (tertiary/aromatic N) is 1. The molecule has 110 valence electrons. The molecule has 0 bridgehead atoms. The Balaban J connectivity index is 2.09. The summed E-state index contributed by atoms with van der Waals surface area (Å²) in [6.45, 7) is 0.323. The van der Waals surface area contributed by atoms with Crippen LogP contribution in [0.2, 0.25) is 0 Å². The van der Waals surface area contributed by atoms with E-state index in [1.165, 1.54) is 13.1 Å². The highest BCUT2D eigenvalue weighted by molar-refractivity contribution is 9.10. The molecule has 0 unspecified atom stereocenters. The van der Waals surface area contributed by atoms with Gasteiger partial charge in [-0.1, -0.05) is 0 Å². The molecule has 0 aliphatic carbocycles. The van der Waals surface area contributed by atoms with Crippen LogP contribution in [-0.4, -0.2) is 15.5 Å². The van der Waals surface area contributed by atoms with E-state index in [4.69, 9.17) is 9.68 Å². The van der Waals surface area contributed by atoms with Crippen molar-refractivity contribution >= 4 is 31.6 Å². The van der Waals surface area contributed by atoms with Gasteiger partial charge >= 0.3 is 0 Å². The summed E-state index contributed by atoms with van der Waals surface area (Å²) in [5.41, 5.74) is 1.33. The van der Waals surface area contributed by atoms with E-state index in [-0.39, 0.29) is 5.09 Å². The zero-order valence-corrected chi connectivity index (χ0v) is 13.5. The van der Waals surface area contributed by atoms with Crippen molar-refractivity contribution in [2.75, 3.05) is 12.4 Å². The Hall–Kier alpha value is -1.82. The highest BCUT2D eigenvalue weighted by Crippen LogP contribution is 2.24. The molecular weight excluding hydrogens is 358 g/mol. The first-order valence-electron chi connectivity index (χ1n) is 5.92. The Morgan fingerprint density at radius 1 is 1.33 bits per heavy atom. The first kappa shape index (κ1) is 15.6. The number of hydrogen-bond donors (Lipinski definition) is 2. The molecule has 0 saturated heterocycles. The van der Waals surface area contributed by atoms with Gasteiger partial charge in [-0.25, -0.2) is 13.1 Å². The Bertz CT molecular complexity index is 793. The zero-order chi connectivity index (χ0) is 15.5. The molecular formula is C13H12BrN3O3S. The van der Waals surface area contributed by atoms with Crippen LogP contribution >= 0.6 is 15.9 Å². The summed E-state index contributed by atoms with van der Waals surface area (Å²) in [6.07, 6.45) is 0. The highest BCUT2D eigenvalue weighted by Gasteiger charge is 2.16. The Kier molecular flexibility index (Phi) is 4.67. The van der Waals surface area contributed by atoms with Gasteiger partial charge in [-0.15, -0.1) is 0 Å². The van der Waals surface area contributed by atoms with Gasteiger partial charge in [0.15, 0.2) is 0 Å². The summed E-state index contributed by atoms with van der Waals surface area (Å²) in [4.78, 5) is 0. The lowest BCUT2D eigenvalue weighted by Crippen LogP contribution is -2.17. The van der Waals surface area contributed by atoms with Crippen molar-refractivity contribution in [3.63, 3.8) is 0 Å². The van der Waals surface area contributed by atoms with E-state index >= 15 is 0 Å². The molecule has 0 amide bonds. The Morgan fingerprint density at radius 3 is 2.71 bits per heavy atom. The normalized spacial score (nSPS) is 11.1. The number of halogens is 1. The third-order valence-corrected chi connectivity index (χ3v) is 4.66. The van der Waals surface area contributed by atoms with Crippen molar-refractivity contribution in [2.45, 2.75) is 11.6 Å². The third-order valence-electron chi connectivity index (χ3n) is 2.72. The number of nitriles is 1. The molecule has 6 nitrogen and oxygen atoms in total. The van der Waals surface area contributed by atoms with E-state index in [1.54, 1.807) is 24.3 Å². The first-order valence-corrected chi connectivity index (χ1v) is 8.19. The summed E-state index contributed by atoms with van der Waals surface area (Å²) in [5.74, 6) is 0.486. The molecule has 2 N–H and O–H groups in total. The lowest BCUT2D eigenvalue weighted by atomic mass is 10.2. The van der Waals surface area contributed by atoms with Crippen molar-refractivity contribution in [1.82, 2.24) is 4.72 Å². The number of hydrogen-bond acceptors (Lipinski definition) is 5. The van der Waals surface area contributed by atoms with E-state index in [2.05, 4.69) is 26.0 Å². The fourth-order valence-electron chi connectivity index (χ4n) is 1.61. The van der Waals surface area contributed by atoms with E-state index in [0.29, 0.717) is 17.9 Å². The van der Waals surface area contributed by atoms with Crippen molar-refractivity contribution in [1.29, 1.82) is 5.26 Å². The quantitative estimate of drug-likeness (QED) is 0.843. The van der Waals surface area contributed by atoms with Gasteiger partial charge in [0, 0.05) is 10.2 Å². The van der Waals surface area contributed by atoms with Crippen molar-refractivity contribution in [3.8, 4) is 6.07 Å². The second kappa shape index (κ2) is 6.30. The molecule has 0 aliphatic heterocycles.